The van der Waals surface area contributed by atoms with Gasteiger partial charge in [-0.1, -0.05) is 6.92 Å². The molecule has 0 aromatic rings. The van der Waals surface area contributed by atoms with Crippen LogP contribution in [0.4, 0.5) is 0 Å². The van der Waals surface area contributed by atoms with E-state index < -0.39 is 10.2 Å². The largest absolute Gasteiger partial charge is 0.340 e. The Kier molecular flexibility index (Phi) is 6.18. The summed E-state index contributed by atoms with van der Waals surface area (Å²) in [5, 5.41) is 0. The Balaban J connectivity index is 2.42. The van der Waals surface area contributed by atoms with E-state index in [1.807, 2.05) is 19.0 Å². The van der Waals surface area contributed by atoms with Crippen LogP contribution >= 0.6 is 0 Å². The highest BCUT2D eigenvalue weighted by molar-refractivity contribution is 7.87. The lowest BCUT2D eigenvalue weighted by Gasteiger charge is -2.34. The standard InChI is InChI=1S/C11H24N4O3S/c1-4-12-19(17,18)15-9-7-14(8-10-15)11(16)5-6-13(2)3/h12H,4-10H2,1-3H3. The Morgan fingerprint density at radius 1 is 1.21 bits per heavy atom. The first-order chi connectivity index (χ1) is 8.86. The van der Waals surface area contributed by atoms with Crippen molar-refractivity contribution in [1.29, 1.82) is 0 Å². The molecule has 0 atom stereocenters. The van der Waals surface area contributed by atoms with Crippen LogP contribution < -0.4 is 4.72 Å². The molecule has 19 heavy (non-hydrogen) atoms. The van der Waals surface area contributed by atoms with Gasteiger partial charge in [-0.05, 0) is 14.1 Å². The van der Waals surface area contributed by atoms with E-state index in [1.54, 1.807) is 11.8 Å². The van der Waals surface area contributed by atoms with Crippen molar-refractivity contribution in [3.05, 3.63) is 0 Å². The Bertz CT molecular complexity index is 389. The van der Waals surface area contributed by atoms with Crippen molar-refractivity contribution in [1.82, 2.24) is 18.8 Å². The molecule has 112 valence electrons. The smallest absolute Gasteiger partial charge is 0.279 e. The van der Waals surface area contributed by atoms with E-state index >= 15 is 0 Å². The molecule has 1 rings (SSSR count). The summed E-state index contributed by atoms with van der Waals surface area (Å²) >= 11 is 0. The monoisotopic (exact) mass is 292 g/mol. The molecule has 7 nitrogen and oxygen atoms in total. The van der Waals surface area contributed by atoms with Gasteiger partial charge in [0.05, 0.1) is 0 Å². The molecule has 0 aromatic carbocycles. The lowest BCUT2D eigenvalue weighted by molar-refractivity contribution is -0.132. The second-order valence-corrected chi connectivity index (χ2v) is 6.59. The number of hydrogen-bond donors (Lipinski definition) is 1. The zero-order chi connectivity index (χ0) is 14.5. The van der Waals surface area contributed by atoms with Gasteiger partial charge in [-0.2, -0.15) is 12.7 Å². The topological polar surface area (TPSA) is 73.0 Å². The molecule has 1 saturated heterocycles. The van der Waals surface area contributed by atoms with E-state index in [4.69, 9.17) is 0 Å². The highest BCUT2D eigenvalue weighted by Crippen LogP contribution is 2.07. The number of carbonyl (C=O) groups excluding carboxylic acids is 1. The Hall–Kier alpha value is -0.700. The van der Waals surface area contributed by atoms with E-state index in [1.165, 1.54) is 4.31 Å². The van der Waals surface area contributed by atoms with Crippen molar-refractivity contribution >= 4 is 16.1 Å². The highest BCUT2D eigenvalue weighted by Gasteiger charge is 2.27. The molecule has 0 bridgehead atoms. The molecule has 0 radical (unpaired) electrons. The molecular formula is C11H24N4O3S. The summed E-state index contributed by atoms with van der Waals surface area (Å²) in [7, 11) is 0.479. The molecular weight excluding hydrogens is 268 g/mol. The lowest BCUT2D eigenvalue weighted by atomic mass is 10.3. The van der Waals surface area contributed by atoms with Crippen LogP contribution in [0.3, 0.4) is 0 Å². The van der Waals surface area contributed by atoms with Gasteiger partial charge in [-0.25, -0.2) is 4.72 Å². The molecule has 0 spiro atoms. The fourth-order valence-electron chi connectivity index (χ4n) is 1.93. The molecule has 0 aliphatic carbocycles. The quantitative estimate of drug-likeness (QED) is 0.677. The Morgan fingerprint density at radius 3 is 2.26 bits per heavy atom. The summed E-state index contributed by atoms with van der Waals surface area (Å²) in [6, 6.07) is 0. The molecule has 1 fully saturated rings. The molecule has 0 unspecified atom stereocenters. The lowest BCUT2D eigenvalue weighted by Crippen LogP contribution is -2.53. The summed E-state index contributed by atoms with van der Waals surface area (Å²) in [6.07, 6.45) is 0.479. The number of nitrogens with zero attached hydrogens (tertiary/aromatic N) is 3. The zero-order valence-corrected chi connectivity index (χ0v) is 12.7. The van der Waals surface area contributed by atoms with E-state index in [-0.39, 0.29) is 5.91 Å². The molecule has 0 saturated carbocycles. The van der Waals surface area contributed by atoms with Crippen LogP contribution in [0.1, 0.15) is 13.3 Å². The summed E-state index contributed by atoms with van der Waals surface area (Å²) in [4.78, 5) is 15.6. The first-order valence-electron chi connectivity index (χ1n) is 6.54. The molecule has 1 N–H and O–H groups in total. The maximum Gasteiger partial charge on any atom is 0.279 e. The van der Waals surface area contributed by atoms with Crippen LogP contribution in [0.5, 0.6) is 0 Å². The number of carbonyl (C=O) groups is 1. The van der Waals surface area contributed by atoms with Crippen LogP contribution in [0, 0.1) is 0 Å². The fraction of sp³-hybridized carbons (Fsp3) is 0.909. The number of piperazine rings is 1. The summed E-state index contributed by atoms with van der Waals surface area (Å²) in [5.41, 5.74) is 0. The van der Waals surface area contributed by atoms with Gasteiger partial charge < -0.3 is 9.80 Å². The van der Waals surface area contributed by atoms with Gasteiger partial charge in [-0.3, -0.25) is 4.79 Å². The third-order valence-corrected chi connectivity index (χ3v) is 4.73. The molecule has 8 heteroatoms. The van der Waals surface area contributed by atoms with Crippen LogP contribution in [0.25, 0.3) is 0 Å². The number of hydrogen-bond acceptors (Lipinski definition) is 4. The number of nitrogens with one attached hydrogen (secondary N) is 1. The van der Waals surface area contributed by atoms with Crippen molar-refractivity contribution in [3.63, 3.8) is 0 Å². The minimum absolute atomic E-state index is 0.0919. The summed E-state index contributed by atoms with van der Waals surface area (Å²) in [6.45, 7) is 4.51. The van der Waals surface area contributed by atoms with Crippen LogP contribution in [-0.4, -0.2) is 81.8 Å². The second-order valence-electron chi connectivity index (χ2n) is 4.84. The first kappa shape index (κ1) is 16.4. The van der Waals surface area contributed by atoms with Gasteiger partial charge in [0.25, 0.3) is 10.2 Å². The first-order valence-corrected chi connectivity index (χ1v) is 7.98. The number of amides is 1. The van der Waals surface area contributed by atoms with Gasteiger partial charge >= 0.3 is 0 Å². The molecule has 0 aromatic heterocycles. The normalized spacial score (nSPS) is 18.0. The van der Waals surface area contributed by atoms with Crippen molar-refractivity contribution in [2.45, 2.75) is 13.3 Å². The SMILES string of the molecule is CCNS(=O)(=O)N1CCN(C(=O)CCN(C)C)CC1. The zero-order valence-electron chi connectivity index (χ0n) is 11.9. The van der Waals surface area contributed by atoms with Gasteiger partial charge in [0.15, 0.2) is 0 Å². The van der Waals surface area contributed by atoms with Crippen molar-refractivity contribution in [2.75, 3.05) is 53.4 Å². The number of rotatable bonds is 6. The maximum absolute atomic E-state index is 11.9. The van der Waals surface area contributed by atoms with Crippen LogP contribution in [0.15, 0.2) is 0 Å². The Morgan fingerprint density at radius 2 is 1.79 bits per heavy atom. The van der Waals surface area contributed by atoms with E-state index in [9.17, 15) is 13.2 Å². The van der Waals surface area contributed by atoms with Crippen LogP contribution in [0.2, 0.25) is 0 Å². The summed E-state index contributed by atoms with van der Waals surface area (Å²) < 4.78 is 27.4. The van der Waals surface area contributed by atoms with Gasteiger partial charge in [-0.15, -0.1) is 0 Å². The van der Waals surface area contributed by atoms with Gasteiger partial charge in [0.1, 0.15) is 0 Å². The van der Waals surface area contributed by atoms with Crippen LogP contribution in [-0.2, 0) is 15.0 Å². The fourth-order valence-corrected chi connectivity index (χ4v) is 3.12. The molecule has 1 heterocycles. The van der Waals surface area contributed by atoms with Gasteiger partial charge in [0, 0.05) is 45.7 Å². The third kappa shape index (κ3) is 5.06. The second kappa shape index (κ2) is 7.18. The minimum Gasteiger partial charge on any atom is -0.340 e. The highest BCUT2D eigenvalue weighted by atomic mass is 32.2. The molecule has 1 aliphatic heterocycles. The molecule has 1 aliphatic rings. The molecule has 1 amide bonds. The summed E-state index contributed by atoms with van der Waals surface area (Å²) in [5.74, 6) is 0.0919. The van der Waals surface area contributed by atoms with Gasteiger partial charge in [0.2, 0.25) is 5.91 Å². The van der Waals surface area contributed by atoms with Crippen molar-refractivity contribution in [3.8, 4) is 0 Å². The predicted octanol–water partition coefficient (Wildman–Crippen LogP) is -1.06. The van der Waals surface area contributed by atoms with Crippen molar-refractivity contribution in [2.24, 2.45) is 0 Å². The predicted molar refractivity (Wildman–Crippen MR) is 73.9 cm³/mol. The minimum atomic E-state index is -3.37. The van der Waals surface area contributed by atoms with Crippen molar-refractivity contribution < 1.29 is 13.2 Å². The van der Waals surface area contributed by atoms with E-state index in [0.29, 0.717) is 39.1 Å². The average Bonchev–Trinajstić information content (AvgIpc) is 2.36. The van der Waals surface area contributed by atoms with E-state index in [0.717, 1.165) is 6.54 Å². The average molecular weight is 292 g/mol. The van der Waals surface area contributed by atoms with E-state index in [2.05, 4.69) is 4.72 Å². The third-order valence-electron chi connectivity index (χ3n) is 3.03. The maximum atomic E-state index is 11.9. The Labute approximate surface area is 115 Å².